The number of nitrogens with one attached hydrogen (secondary N) is 2. The molecule has 0 aromatic carbocycles. The highest BCUT2D eigenvalue weighted by molar-refractivity contribution is 14.0. The number of carbonyl (C=O) groups is 1. The average molecular weight is 454 g/mol. The molecule has 1 heterocycles. The molecular formula is C14H27IN6OS. The molecule has 1 aromatic heterocycles. The number of halogens is 1. The Balaban J connectivity index is 0.00000484. The van der Waals surface area contributed by atoms with E-state index in [1.165, 1.54) is 0 Å². The molecule has 0 atom stereocenters. The molecule has 0 radical (unpaired) electrons. The van der Waals surface area contributed by atoms with E-state index in [2.05, 4.69) is 27.0 Å². The number of aromatic nitrogens is 2. The van der Waals surface area contributed by atoms with E-state index in [4.69, 9.17) is 0 Å². The lowest BCUT2D eigenvalue weighted by molar-refractivity contribution is -0.127. The van der Waals surface area contributed by atoms with Crippen LogP contribution in [0.4, 0.5) is 0 Å². The Kier molecular flexibility index (Phi) is 12.9. The Morgan fingerprint density at radius 3 is 2.70 bits per heavy atom. The molecule has 0 fully saturated rings. The number of nitrogens with zero attached hydrogens (tertiary/aromatic N) is 4. The zero-order valence-electron chi connectivity index (χ0n) is 14.0. The Morgan fingerprint density at radius 1 is 1.35 bits per heavy atom. The van der Waals surface area contributed by atoms with Gasteiger partial charge in [-0.15, -0.1) is 24.0 Å². The van der Waals surface area contributed by atoms with Crippen molar-refractivity contribution in [3.8, 4) is 0 Å². The van der Waals surface area contributed by atoms with Gasteiger partial charge in [0, 0.05) is 51.9 Å². The van der Waals surface area contributed by atoms with Crippen molar-refractivity contribution in [2.45, 2.75) is 13.0 Å². The van der Waals surface area contributed by atoms with Gasteiger partial charge in [-0.05, 0) is 18.7 Å². The lowest BCUT2D eigenvalue weighted by Gasteiger charge is -2.13. The summed E-state index contributed by atoms with van der Waals surface area (Å²) in [5.41, 5.74) is 0. The van der Waals surface area contributed by atoms with E-state index in [9.17, 15) is 4.79 Å². The number of aryl methyl sites for hydroxylation is 1. The summed E-state index contributed by atoms with van der Waals surface area (Å²) in [5.74, 6) is 1.67. The fourth-order valence-electron chi connectivity index (χ4n) is 1.61. The lowest BCUT2D eigenvalue weighted by Crippen LogP contribution is -2.40. The molecule has 0 saturated carbocycles. The molecule has 2 N–H and O–H groups in total. The van der Waals surface area contributed by atoms with Gasteiger partial charge >= 0.3 is 0 Å². The Labute approximate surface area is 159 Å². The van der Waals surface area contributed by atoms with Gasteiger partial charge in [0.2, 0.25) is 5.91 Å². The normalized spacial score (nSPS) is 10.8. The maximum atomic E-state index is 11.6. The SMILES string of the molecule is CSCCNC(=NCC(=O)N(C)C)NCCCn1cccn1.I. The van der Waals surface area contributed by atoms with Gasteiger partial charge in [-0.3, -0.25) is 9.48 Å². The van der Waals surface area contributed by atoms with Crippen LogP contribution in [-0.4, -0.2) is 72.3 Å². The fraction of sp³-hybridized carbons (Fsp3) is 0.643. The smallest absolute Gasteiger partial charge is 0.243 e. The van der Waals surface area contributed by atoms with E-state index < -0.39 is 0 Å². The molecule has 0 saturated heterocycles. The zero-order chi connectivity index (χ0) is 16.2. The van der Waals surface area contributed by atoms with Crippen LogP contribution < -0.4 is 10.6 Å². The van der Waals surface area contributed by atoms with Gasteiger partial charge < -0.3 is 15.5 Å². The van der Waals surface area contributed by atoms with Crippen LogP contribution in [0.2, 0.25) is 0 Å². The van der Waals surface area contributed by atoms with Crippen molar-refractivity contribution in [1.82, 2.24) is 25.3 Å². The number of hydrogen-bond acceptors (Lipinski definition) is 4. The summed E-state index contributed by atoms with van der Waals surface area (Å²) in [7, 11) is 3.46. The van der Waals surface area contributed by atoms with Gasteiger partial charge in [0.05, 0.1) is 0 Å². The molecule has 1 amide bonds. The van der Waals surface area contributed by atoms with Crippen LogP contribution in [0.25, 0.3) is 0 Å². The molecule has 9 heteroatoms. The average Bonchev–Trinajstić information content (AvgIpc) is 3.01. The summed E-state index contributed by atoms with van der Waals surface area (Å²) >= 11 is 1.77. The summed E-state index contributed by atoms with van der Waals surface area (Å²) in [6.07, 6.45) is 6.72. The number of rotatable bonds is 9. The fourth-order valence-corrected chi connectivity index (χ4v) is 1.92. The zero-order valence-corrected chi connectivity index (χ0v) is 17.1. The molecule has 0 aliphatic rings. The van der Waals surface area contributed by atoms with Gasteiger partial charge in [0.1, 0.15) is 6.54 Å². The minimum atomic E-state index is -0.0116. The topological polar surface area (TPSA) is 74.6 Å². The maximum Gasteiger partial charge on any atom is 0.243 e. The lowest BCUT2D eigenvalue weighted by atomic mass is 10.4. The number of hydrogen-bond donors (Lipinski definition) is 2. The first-order valence-electron chi connectivity index (χ1n) is 7.32. The summed E-state index contributed by atoms with van der Waals surface area (Å²) in [5, 5.41) is 10.6. The van der Waals surface area contributed by atoms with E-state index in [-0.39, 0.29) is 36.4 Å². The number of amides is 1. The Bertz CT molecular complexity index is 452. The van der Waals surface area contributed by atoms with Crippen molar-refractivity contribution in [3.05, 3.63) is 18.5 Å². The summed E-state index contributed by atoms with van der Waals surface area (Å²) in [6.45, 7) is 2.61. The quantitative estimate of drug-likeness (QED) is 0.251. The predicted octanol–water partition coefficient (Wildman–Crippen LogP) is 0.878. The number of likely N-dealkylation sites (N-methyl/N-ethyl adjacent to an activating group) is 1. The first kappa shape index (κ1) is 22.0. The number of guanidine groups is 1. The second-order valence-corrected chi connectivity index (χ2v) is 5.91. The first-order chi connectivity index (χ1) is 10.6. The van der Waals surface area contributed by atoms with Gasteiger partial charge in [-0.1, -0.05) is 0 Å². The first-order valence-corrected chi connectivity index (χ1v) is 8.71. The molecule has 0 aliphatic carbocycles. The standard InChI is InChI=1S/C14H26N6OS.HI/c1-19(2)13(21)12-17-14(16-8-11-22-3)15-6-4-9-20-10-5-7-18-20;/h5,7,10H,4,6,8-9,11-12H2,1-3H3,(H2,15,16,17);1H. The molecule has 0 spiro atoms. The molecule has 132 valence electrons. The molecule has 1 rings (SSSR count). The van der Waals surface area contributed by atoms with Crippen LogP contribution >= 0.6 is 35.7 Å². The van der Waals surface area contributed by atoms with Crippen LogP contribution in [0.5, 0.6) is 0 Å². The van der Waals surface area contributed by atoms with E-state index >= 15 is 0 Å². The van der Waals surface area contributed by atoms with E-state index in [0.29, 0.717) is 5.96 Å². The second-order valence-electron chi connectivity index (χ2n) is 4.92. The highest BCUT2D eigenvalue weighted by Gasteiger charge is 2.04. The largest absolute Gasteiger partial charge is 0.356 e. The monoisotopic (exact) mass is 454 g/mol. The Hall–Kier alpha value is -0.970. The van der Waals surface area contributed by atoms with Crippen molar-refractivity contribution in [3.63, 3.8) is 0 Å². The molecule has 0 aliphatic heterocycles. The molecule has 1 aromatic rings. The second kappa shape index (κ2) is 13.5. The van der Waals surface area contributed by atoms with Crippen molar-refractivity contribution < 1.29 is 4.79 Å². The third-order valence-electron chi connectivity index (χ3n) is 2.89. The van der Waals surface area contributed by atoms with Crippen molar-refractivity contribution in [1.29, 1.82) is 0 Å². The van der Waals surface area contributed by atoms with Crippen LogP contribution in [0.15, 0.2) is 23.5 Å². The molecule has 0 bridgehead atoms. The van der Waals surface area contributed by atoms with E-state index in [0.717, 1.165) is 31.8 Å². The third kappa shape index (κ3) is 10.4. The summed E-state index contributed by atoms with van der Waals surface area (Å²) < 4.78 is 1.90. The predicted molar refractivity (Wildman–Crippen MR) is 108 cm³/mol. The van der Waals surface area contributed by atoms with Gasteiger partial charge in [-0.2, -0.15) is 16.9 Å². The summed E-state index contributed by atoms with van der Waals surface area (Å²) in [4.78, 5) is 17.5. The number of thioether (sulfide) groups is 1. The molecular weight excluding hydrogens is 427 g/mol. The van der Waals surface area contributed by atoms with Crippen LogP contribution in [0.1, 0.15) is 6.42 Å². The van der Waals surface area contributed by atoms with E-state index in [1.807, 2.05) is 16.9 Å². The summed E-state index contributed by atoms with van der Waals surface area (Å²) in [6, 6.07) is 1.91. The minimum Gasteiger partial charge on any atom is -0.356 e. The highest BCUT2D eigenvalue weighted by Crippen LogP contribution is 1.90. The van der Waals surface area contributed by atoms with Crippen molar-refractivity contribution in [2.24, 2.45) is 4.99 Å². The van der Waals surface area contributed by atoms with Gasteiger partial charge in [-0.25, -0.2) is 4.99 Å². The van der Waals surface area contributed by atoms with Crippen LogP contribution in [0.3, 0.4) is 0 Å². The van der Waals surface area contributed by atoms with E-state index in [1.54, 1.807) is 37.0 Å². The Morgan fingerprint density at radius 2 is 2.09 bits per heavy atom. The third-order valence-corrected chi connectivity index (χ3v) is 3.50. The van der Waals surface area contributed by atoms with Crippen LogP contribution in [0, 0.1) is 0 Å². The number of carbonyl (C=O) groups excluding carboxylic acids is 1. The van der Waals surface area contributed by atoms with Crippen LogP contribution in [-0.2, 0) is 11.3 Å². The minimum absolute atomic E-state index is 0. The molecule has 7 nitrogen and oxygen atoms in total. The van der Waals surface area contributed by atoms with Gasteiger partial charge in [0.25, 0.3) is 0 Å². The molecule has 23 heavy (non-hydrogen) atoms. The van der Waals surface area contributed by atoms with Crippen molar-refractivity contribution >= 4 is 47.6 Å². The molecule has 0 unspecified atom stereocenters. The highest BCUT2D eigenvalue weighted by atomic mass is 127. The number of aliphatic imine (C=N–C) groups is 1. The maximum absolute atomic E-state index is 11.6. The van der Waals surface area contributed by atoms with Crippen molar-refractivity contribution in [2.75, 3.05) is 45.7 Å². The van der Waals surface area contributed by atoms with Gasteiger partial charge in [0.15, 0.2) is 5.96 Å².